The summed E-state index contributed by atoms with van der Waals surface area (Å²) in [5, 5.41) is 0. The van der Waals surface area contributed by atoms with E-state index in [4.69, 9.17) is 9.47 Å². The molecule has 0 aliphatic carbocycles. The van der Waals surface area contributed by atoms with E-state index in [0.717, 1.165) is 0 Å². The van der Waals surface area contributed by atoms with E-state index in [9.17, 15) is 9.59 Å². The fraction of sp³-hybridized carbons (Fsp3) is 0.467. The van der Waals surface area contributed by atoms with Crippen molar-refractivity contribution >= 4 is 17.7 Å². The maximum atomic E-state index is 11.9. The molecule has 5 nitrogen and oxygen atoms in total. The molecule has 0 unspecified atom stereocenters. The highest BCUT2D eigenvalue weighted by Gasteiger charge is 2.25. The molecule has 1 aromatic rings. The van der Waals surface area contributed by atoms with E-state index in [1.807, 2.05) is 0 Å². The standard InChI is InChI=1S/C15H21NO4/c1-6-19-14(18)16(5)11-9-7-8-10-12(11)20-13(17)15(2,3)4/h7-10H,6H2,1-5H3. The second-order valence-corrected chi connectivity index (χ2v) is 5.37. The molecular formula is C15H21NO4. The zero-order valence-electron chi connectivity index (χ0n) is 12.6. The van der Waals surface area contributed by atoms with Crippen LogP contribution in [-0.4, -0.2) is 25.7 Å². The van der Waals surface area contributed by atoms with Gasteiger partial charge in [0.15, 0.2) is 5.75 Å². The van der Waals surface area contributed by atoms with Crippen LogP contribution in [0.2, 0.25) is 0 Å². The molecule has 0 bridgehead atoms. The van der Waals surface area contributed by atoms with Crippen LogP contribution in [0.15, 0.2) is 24.3 Å². The molecule has 20 heavy (non-hydrogen) atoms. The van der Waals surface area contributed by atoms with E-state index in [-0.39, 0.29) is 12.6 Å². The Hall–Kier alpha value is -2.04. The van der Waals surface area contributed by atoms with Gasteiger partial charge in [-0.3, -0.25) is 9.69 Å². The van der Waals surface area contributed by atoms with E-state index in [2.05, 4.69) is 0 Å². The summed E-state index contributed by atoms with van der Waals surface area (Å²) in [6, 6.07) is 6.85. The van der Waals surface area contributed by atoms with Crippen molar-refractivity contribution in [1.82, 2.24) is 0 Å². The number of carbonyl (C=O) groups is 2. The summed E-state index contributed by atoms with van der Waals surface area (Å²) in [7, 11) is 1.57. The summed E-state index contributed by atoms with van der Waals surface area (Å²) < 4.78 is 10.3. The van der Waals surface area contributed by atoms with Crippen LogP contribution in [0.3, 0.4) is 0 Å². The van der Waals surface area contributed by atoms with Crippen LogP contribution in [0.25, 0.3) is 0 Å². The first-order valence-corrected chi connectivity index (χ1v) is 6.49. The van der Waals surface area contributed by atoms with Gasteiger partial charge in [-0.1, -0.05) is 12.1 Å². The molecule has 0 spiro atoms. The first-order chi connectivity index (χ1) is 9.27. The molecule has 110 valence electrons. The number of nitrogens with zero attached hydrogens (tertiary/aromatic N) is 1. The third kappa shape index (κ3) is 3.98. The SMILES string of the molecule is CCOC(=O)N(C)c1ccccc1OC(=O)C(C)(C)C. The van der Waals surface area contributed by atoms with Crippen LogP contribution < -0.4 is 9.64 Å². The van der Waals surface area contributed by atoms with Gasteiger partial charge in [0.2, 0.25) is 0 Å². The molecule has 0 aliphatic heterocycles. The van der Waals surface area contributed by atoms with Gasteiger partial charge in [-0.05, 0) is 39.8 Å². The molecule has 0 aliphatic rings. The smallest absolute Gasteiger partial charge is 0.414 e. The highest BCUT2D eigenvalue weighted by molar-refractivity contribution is 5.90. The van der Waals surface area contributed by atoms with Crippen molar-refractivity contribution in [2.75, 3.05) is 18.6 Å². The van der Waals surface area contributed by atoms with Gasteiger partial charge in [-0.2, -0.15) is 0 Å². The molecule has 0 aromatic heterocycles. The third-order valence-electron chi connectivity index (χ3n) is 2.58. The molecule has 0 saturated heterocycles. The number of amides is 1. The number of para-hydroxylation sites is 2. The Labute approximate surface area is 119 Å². The van der Waals surface area contributed by atoms with E-state index >= 15 is 0 Å². The van der Waals surface area contributed by atoms with Gasteiger partial charge >= 0.3 is 12.1 Å². The normalized spacial score (nSPS) is 10.8. The molecule has 5 heteroatoms. The second kappa shape index (κ2) is 6.41. The summed E-state index contributed by atoms with van der Waals surface area (Å²) in [6.45, 7) is 7.33. The van der Waals surface area contributed by atoms with E-state index < -0.39 is 11.5 Å². The minimum atomic E-state index is -0.615. The van der Waals surface area contributed by atoms with Crippen LogP contribution in [0.1, 0.15) is 27.7 Å². The molecule has 0 fully saturated rings. The lowest BCUT2D eigenvalue weighted by Gasteiger charge is -2.22. The van der Waals surface area contributed by atoms with Gasteiger partial charge in [0.25, 0.3) is 0 Å². The molecule has 1 aromatic carbocycles. The Morgan fingerprint density at radius 3 is 2.35 bits per heavy atom. The summed E-state index contributed by atoms with van der Waals surface area (Å²) >= 11 is 0. The van der Waals surface area contributed by atoms with Gasteiger partial charge in [-0.15, -0.1) is 0 Å². The van der Waals surface area contributed by atoms with Crippen LogP contribution in [0.4, 0.5) is 10.5 Å². The van der Waals surface area contributed by atoms with Crippen LogP contribution >= 0.6 is 0 Å². The second-order valence-electron chi connectivity index (χ2n) is 5.37. The van der Waals surface area contributed by atoms with Gasteiger partial charge in [-0.25, -0.2) is 4.79 Å². The summed E-state index contributed by atoms with van der Waals surface area (Å²) in [5.74, 6) is -0.0230. The topological polar surface area (TPSA) is 55.8 Å². The monoisotopic (exact) mass is 279 g/mol. The van der Waals surface area contributed by atoms with Crippen molar-refractivity contribution in [1.29, 1.82) is 0 Å². The predicted molar refractivity (Wildman–Crippen MR) is 77.0 cm³/mol. The van der Waals surface area contributed by atoms with Gasteiger partial charge < -0.3 is 9.47 Å². The Morgan fingerprint density at radius 2 is 1.80 bits per heavy atom. The summed E-state index contributed by atoms with van der Waals surface area (Å²) in [5.41, 5.74) is -0.126. The Bertz CT molecular complexity index is 491. The maximum absolute atomic E-state index is 11.9. The predicted octanol–water partition coefficient (Wildman–Crippen LogP) is 3.23. The Kier molecular flexibility index (Phi) is 5.13. The maximum Gasteiger partial charge on any atom is 0.414 e. The highest BCUT2D eigenvalue weighted by Crippen LogP contribution is 2.29. The van der Waals surface area contributed by atoms with Crippen molar-refractivity contribution in [3.05, 3.63) is 24.3 Å². The quantitative estimate of drug-likeness (QED) is 0.629. The van der Waals surface area contributed by atoms with Gasteiger partial charge in [0.05, 0.1) is 17.7 Å². The zero-order chi connectivity index (χ0) is 15.3. The third-order valence-corrected chi connectivity index (χ3v) is 2.58. The van der Waals surface area contributed by atoms with Crippen LogP contribution in [-0.2, 0) is 9.53 Å². The lowest BCUT2D eigenvalue weighted by atomic mass is 9.97. The zero-order valence-corrected chi connectivity index (χ0v) is 12.6. The van der Waals surface area contributed by atoms with Crippen molar-refractivity contribution in [3.63, 3.8) is 0 Å². The van der Waals surface area contributed by atoms with E-state index in [1.165, 1.54) is 4.90 Å². The van der Waals surface area contributed by atoms with Crippen molar-refractivity contribution < 1.29 is 19.1 Å². The van der Waals surface area contributed by atoms with Crippen molar-refractivity contribution in [2.45, 2.75) is 27.7 Å². The number of anilines is 1. The molecular weight excluding hydrogens is 258 g/mol. The van der Waals surface area contributed by atoms with Crippen LogP contribution in [0.5, 0.6) is 5.75 Å². The van der Waals surface area contributed by atoms with Gasteiger partial charge in [0.1, 0.15) is 0 Å². The number of rotatable bonds is 3. The number of hydrogen-bond donors (Lipinski definition) is 0. The minimum Gasteiger partial charge on any atom is -0.449 e. The summed E-state index contributed by atoms with van der Waals surface area (Å²) in [4.78, 5) is 25.0. The number of hydrogen-bond acceptors (Lipinski definition) is 4. The lowest BCUT2D eigenvalue weighted by Crippen LogP contribution is -2.29. The number of benzene rings is 1. The summed E-state index contributed by atoms with van der Waals surface area (Å²) in [6.07, 6.45) is -0.494. The van der Waals surface area contributed by atoms with Gasteiger partial charge in [0, 0.05) is 7.05 Å². The van der Waals surface area contributed by atoms with E-state index in [1.54, 1.807) is 59.0 Å². The molecule has 1 rings (SSSR count). The lowest BCUT2D eigenvalue weighted by molar-refractivity contribution is -0.142. The van der Waals surface area contributed by atoms with Crippen molar-refractivity contribution in [3.8, 4) is 5.75 Å². The minimum absolute atomic E-state index is 0.285. The molecule has 0 N–H and O–H groups in total. The molecule has 0 saturated carbocycles. The molecule has 0 heterocycles. The largest absolute Gasteiger partial charge is 0.449 e. The first kappa shape index (κ1) is 16.0. The Morgan fingerprint density at radius 1 is 1.20 bits per heavy atom. The number of esters is 1. The average Bonchev–Trinajstić information content (AvgIpc) is 2.37. The van der Waals surface area contributed by atoms with Crippen LogP contribution in [0, 0.1) is 5.41 Å². The average molecular weight is 279 g/mol. The number of ether oxygens (including phenoxy) is 2. The Balaban J connectivity index is 2.99. The highest BCUT2D eigenvalue weighted by atomic mass is 16.6. The molecule has 1 amide bonds. The number of carbonyl (C=O) groups excluding carboxylic acids is 2. The van der Waals surface area contributed by atoms with E-state index in [0.29, 0.717) is 11.4 Å². The fourth-order valence-corrected chi connectivity index (χ4v) is 1.39. The molecule has 0 radical (unpaired) electrons. The van der Waals surface area contributed by atoms with Crippen molar-refractivity contribution in [2.24, 2.45) is 5.41 Å². The molecule has 0 atom stereocenters. The fourth-order valence-electron chi connectivity index (χ4n) is 1.39. The first-order valence-electron chi connectivity index (χ1n) is 6.49.